The van der Waals surface area contributed by atoms with Crippen LogP contribution in [0.4, 0.5) is 17.3 Å². The van der Waals surface area contributed by atoms with E-state index in [9.17, 15) is 19.5 Å². The molecule has 2 aliphatic heterocycles. The highest BCUT2D eigenvalue weighted by molar-refractivity contribution is 6.50. The molecule has 0 radical (unpaired) electrons. The molecule has 0 saturated carbocycles. The Morgan fingerprint density at radius 1 is 1.00 bits per heavy atom. The second-order valence-electron chi connectivity index (χ2n) is 7.50. The van der Waals surface area contributed by atoms with Crippen molar-refractivity contribution in [3.8, 4) is 0 Å². The second-order valence-corrected chi connectivity index (χ2v) is 7.50. The fraction of sp³-hybridized carbons (Fsp3) is 0.136. The monoisotopic (exact) mass is 446 g/mol. The summed E-state index contributed by atoms with van der Waals surface area (Å²) in [5.74, 6) is -3.46. The molecule has 2 aliphatic rings. The number of aromatic nitrogens is 2. The molecule has 5 rings (SSSR count). The predicted molar refractivity (Wildman–Crippen MR) is 117 cm³/mol. The molecule has 1 atom stereocenters. The van der Waals surface area contributed by atoms with Crippen molar-refractivity contribution in [2.24, 2.45) is 0 Å². The molecule has 0 aliphatic carbocycles. The maximum Gasteiger partial charge on any atom is 0.297 e. The number of aliphatic hydroxyl groups excluding tert-OH is 1. The van der Waals surface area contributed by atoms with E-state index in [0.29, 0.717) is 5.69 Å². The molecule has 2 saturated heterocycles. The number of ketones is 1. The summed E-state index contributed by atoms with van der Waals surface area (Å²) in [5, 5.41) is 21.1. The lowest BCUT2D eigenvalue weighted by Crippen LogP contribution is -2.68. The lowest BCUT2D eigenvalue weighted by Gasteiger charge is -2.45. The van der Waals surface area contributed by atoms with Crippen LogP contribution in [0.2, 0.25) is 0 Å². The van der Waals surface area contributed by atoms with E-state index < -0.39 is 34.6 Å². The topological polar surface area (TPSA) is 155 Å². The van der Waals surface area contributed by atoms with Crippen molar-refractivity contribution in [3.05, 3.63) is 71.8 Å². The van der Waals surface area contributed by atoms with Gasteiger partial charge in [0, 0.05) is 24.3 Å². The highest BCUT2D eigenvalue weighted by Gasteiger charge is 2.65. The van der Waals surface area contributed by atoms with Gasteiger partial charge in [-0.3, -0.25) is 19.3 Å². The van der Waals surface area contributed by atoms with Crippen molar-refractivity contribution in [2.45, 2.75) is 5.66 Å². The number of benzene rings is 2. The molecule has 2 fully saturated rings. The minimum absolute atomic E-state index is 0.00889. The van der Waals surface area contributed by atoms with Crippen molar-refractivity contribution in [1.29, 1.82) is 0 Å². The Labute approximate surface area is 187 Å². The Hall–Kier alpha value is -4.67. The average Bonchev–Trinajstić information content (AvgIpc) is 3.34. The van der Waals surface area contributed by atoms with E-state index >= 15 is 0 Å². The third-order valence-corrected chi connectivity index (χ3v) is 5.70. The number of fused-ring (bicyclic) bond motifs is 1. The molecule has 1 aromatic heterocycles. The van der Waals surface area contributed by atoms with Gasteiger partial charge in [0.1, 0.15) is 11.3 Å². The molecule has 3 aromatic rings. The Morgan fingerprint density at radius 2 is 1.67 bits per heavy atom. The molecule has 0 spiro atoms. The van der Waals surface area contributed by atoms with E-state index in [1.807, 2.05) is 0 Å². The maximum atomic E-state index is 14.1. The van der Waals surface area contributed by atoms with E-state index in [0.717, 1.165) is 4.90 Å². The summed E-state index contributed by atoms with van der Waals surface area (Å²) in [5.41, 5.74) is 4.08. The smallest absolute Gasteiger partial charge is 0.297 e. The first kappa shape index (κ1) is 20.2. The van der Waals surface area contributed by atoms with E-state index in [-0.39, 0.29) is 30.3 Å². The summed E-state index contributed by atoms with van der Waals surface area (Å²) < 4.78 is 4.63. The predicted octanol–water partition coefficient (Wildman–Crippen LogP) is 1.19. The lowest BCUT2D eigenvalue weighted by molar-refractivity contribution is -0.144. The summed E-state index contributed by atoms with van der Waals surface area (Å²) >= 11 is 0. The van der Waals surface area contributed by atoms with Crippen LogP contribution >= 0.6 is 0 Å². The second kappa shape index (κ2) is 7.48. The van der Waals surface area contributed by atoms with E-state index in [1.165, 1.54) is 4.90 Å². The zero-order valence-corrected chi connectivity index (χ0v) is 17.1. The molecular formula is C22H18N6O5. The van der Waals surface area contributed by atoms with E-state index in [1.54, 1.807) is 60.7 Å². The molecule has 1 unspecified atom stereocenters. The summed E-state index contributed by atoms with van der Waals surface area (Å²) in [6, 6.07) is 16.9. The third kappa shape index (κ3) is 2.93. The number of nitrogens with two attached hydrogens (primary N) is 1. The van der Waals surface area contributed by atoms with Gasteiger partial charge in [-0.05, 0) is 22.4 Å². The van der Waals surface area contributed by atoms with Gasteiger partial charge in [0.05, 0.1) is 0 Å². The average molecular weight is 446 g/mol. The number of Topliss-reactive ketones (excluding diaryl/α,β-unsaturated/α-hetero) is 1. The van der Waals surface area contributed by atoms with Gasteiger partial charge < -0.3 is 21.1 Å². The molecule has 11 nitrogen and oxygen atoms in total. The van der Waals surface area contributed by atoms with Crippen LogP contribution in [-0.4, -0.2) is 56.7 Å². The summed E-state index contributed by atoms with van der Waals surface area (Å²) in [4.78, 5) is 42.8. The van der Waals surface area contributed by atoms with Crippen LogP contribution in [0.15, 0.2) is 70.9 Å². The summed E-state index contributed by atoms with van der Waals surface area (Å²) in [7, 11) is 0. The summed E-state index contributed by atoms with van der Waals surface area (Å²) in [6.45, 7) is 0.145. The molecule has 2 amide bonds. The number of nitrogens with zero attached hydrogens (tertiary/aromatic N) is 4. The van der Waals surface area contributed by atoms with Crippen LogP contribution in [0.5, 0.6) is 0 Å². The number of rotatable bonds is 4. The number of anilines is 3. The molecule has 4 N–H and O–H groups in total. The number of carbonyl (C=O) groups is 3. The maximum absolute atomic E-state index is 14.1. The number of hydrogen-bond donors (Lipinski definition) is 3. The SMILES string of the molecule is Nc1nonc1NC12C(=O)N(c3ccccc3)CCN1C(=O)C(=O)/C2=C(/O)c1ccccc1. The van der Waals surface area contributed by atoms with Crippen LogP contribution in [0.3, 0.4) is 0 Å². The van der Waals surface area contributed by atoms with Gasteiger partial charge in [0.2, 0.25) is 17.3 Å². The fourth-order valence-corrected chi connectivity index (χ4v) is 4.18. The number of nitrogens with one attached hydrogen (secondary N) is 1. The van der Waals surface area contributed by atoms with Gasteiger partial charge in [0.15, 0.2) is 0 Å². The largest absolute Gasteiger partial charge is 0.507 e. The summed E-state index contributed by atoms with van der Waals surface area (Å²) in [6.07, 6.45) is 0. The standard InChI is InChI=1S/C22H18N6O5/c23-18-19(26-33-25-18)24-22-15(16(29)13-7-3-1-4-8-13)17(30)20(31)28(22)12-11-27(21(22)32)14-9-5-2-6-10-14/h1-10,29H,11-12H2,(H2,23,25)(H,24,26)/b16-15-. The molecule has 2 aromatic carbocycles. The molecule has 11 heteroatoms. The zero-order valence-electron chi connectivity index (χ0n) is 17.1. The number of piperazine rings is 1. The van der Waals surface area contributed by atoms with Crippen molar-refractivity contribution in [1.82, 2.24) is 15.2 Å². The van der Waals surface area contributed by atoms with Crippen molar-refractivity contribution < 1.29 is 24.1 Å². The van der Waals surface area contributed by atoms with Gasteiger partial charge in [-0.2, -0.15) is 0 Å². The number of nitrogen functional groups attached to an aromatic ring is 1. The Morgan fingerprint density at radius 3 is 2.30 bits per heavy atom. The van der Waals surface area contributed by atoms with Crippen LogP contribution in [0.25, 0.3) is 5.76 Å². The number of aliphatic hydroxyl groups is 1. The van der Waals surface area contributed by atoms with E-state index in [4.69, 9.17) is 5.73 Å². The van der Waals surface area contributed by atoms with Crippen LogP contribution in [0.1, 0.15) is 5.56 Å². The van der Waals surface area contributed by atoms with Crippen LogP contribution < -0.4 is 16.0 Å². The molecule has 0 bridgehead atoms. The van der Waals surface area contributed by atoms with Crippen molar-refractivity contribution >= 4 is 40.7 Å². The Balaban J connectivity index is 1.76. The molecule has 166 valence electrons. The minimum Gasteiger partial charge on any atom is -0.507 e. The van der Waals surface area contributed by atoms with Crippen LogP contribution in [-0.2, 0) is 14.4 Å². The lowest BCUT2D eigenvalue weighted by atomic mass is 9.91. The van der Waals surface area contributed by atoms with Crippen LogP contribution in [0, 0.1) is 0 Å². The number of carbonyl (C=O) groups excluding carboxylic acids is 3. The first-order valence-corrected chi connectivity index (χ1v) is 10.0. The third-order valence-electron chi connectivity index (χ3n) is 5.70. The number of hydrogen-bond acceptors (Lipinski definition) is 9. The van der Waals surface area contributed by atoms with Gasteiger partial charge in [-0.1, -0.05) is 48.5 Å². The number of para-hydroxylation sites is 1. The quantitative estimate of drug-likeness (QED) is 0.304. The van der Waals surface area contributed by atoms with E-state index in [2.05, 4.69) is 20.3 Å². The van der Waals surface area contributed by atoms with Gasteiger partial charge in [-0.15, -0.1) is 0 Å². The molecule has 33 heavy (non-hydrogen) atoms. The molecular weight excluding hydrogens is 428 g/mol. The van der Waals surface area contributed by atoms with Crippen molar-refractivity contribution in [3.63, 3.8) is 0 Å². The first-order chi connectivity index (χ1) is 15.9. The first-order valence-electron chi connectivity index (χ1n) is 10.0. The molecule has 3 heterocycles. The fourth-order valence-electron chi connectivity index (χ4n) is 4.18. The van der Waals surface area contributed by atoms with Gasteiger partial charge in [-0.25, -0.2) is 4.63 Å². The Kier molecular flexibility index (Phi) is 4.59. The minimum atomic E-state index is -2.12. The highest BCUT2D eigenvalue weighted by atomic mass is 16.6. The van der Waals surface area contributed by atoms with Crippen molar-refractivity contribution in [2.75, 3.05) is 29.0 Å². The Bertz CT molecular complexity index is 1290. The van der Waals surface area contributed by atoms with Gasteiger partial charge >= 0.3 is 0 Å². The normalized spacial score (nSPS) is 21.9. The van der Waals surface area contributed by atoms with Gasteiger partial charge in [0.25, 0.3) is 17.6 Å². The number of amides is 2. The zero-order chi connectivity index (χ0) is 23.2. The highest BCUT2D eigenvalue weighted by Crippen LogP contribution is 2.42.